The highest BCUT2D eigenvalue weighted by atomic mass is 32.2. The smallest absolute Gasteiger partial charge is 0.287 e. The van der Waals surface area contributed by atoms with Crippen molar-refractivity contribution in [1.29, 1.82) is 0 Å². The minimum Gasteiger partial charge on any atom is -0.495 e. The van der Waals surface area contributed by atoms with Crippen LogP contribution in [-0.4, -0.2) is 30.4 Å². The minimum atomic E-state index is -3.96. The summed E-state index contributed by atoms with van der Waals surface area (Å²) in [7, 11) is -2.63. The third-order valence-electron chi connectivity index (χ3n) is 2.45. The lowest BCUT2D eigenvalue weighted by molar-refractivity contribution is -0.385. The van der Waals surface area contributed by atoms with Crippen molar-refractivity contribution in [3.05, 3.63) is 46.9 Å². The van der Waals surface area contributed by atoms with Gasteiger partial charge in [-0.15, -0.1) is 0 Å². The van der Waals surface area contributed by atoms with E-state index in [1.165, 1.54) is 25.4 Å². The molecule has 9 nitrogen and oxygen atoms in total. The molecule has 110 valence electrons. The molecule has 0 bridgehead atoms. The third kappa shape index (κ3) is 3.23. The van der Waals surface area contributed by atoms with Crippen molar-refractivity contribution in [2.75, 3.05) is 11.8 Å². The lowest BCUT2D eigenvalue weighted by Crippen LogP contribution is -2.15. The van der Waals surface area contributed by atoms with Crippen molar-refractivity contribution in [3.8, 4) is 5.75 Å². The fourth-order valence-electron chi connectivity index (χ4n) is 1.48. The van der Waals surface area contributed by atoms with Crippen LogP contribution in [0.5, 0.6) is 5.75 Å². The van der Waals surface area contributed by atoms with Gasteiger partial charge in [0.05, 0.1) is 18.2 Å². The largest absolute Gasteiger partial charge is 0.495 e. The summed E-state index contributed by atoms with van der Waals surface area (Å²) in [5.41, 5.74) is -0.239. The summed E-state index contributed by atoms with van der Waals surface area (Å²) in [6.45, 7) is 0. The second-order valence-electron chi connectivity index (χ2n) is 3.79. The number of methoxy groups -OCH3 is 1. The van der Waals surface area contributed by atoms with Gasteiger partial charge in [0.15, 0.2) is 0 Å². The quantitative estimate of drug-likeness (QED) is 0.649. The molecule has 2 rings (SSSR count). The molecular formula is C11H10N4O5S. The predicted octanol–water partition coefficient (Wildman–Crippen LogP) is 1.19. The summed E-state index contributed by atoms with van der Waals surface area (Å²) in [5.74, 6) is 0.0749. The van der Waals surface area contributed by atoms with E-state index in [0.717, 1.165) is 18.5 Å². The highest BCUT2D eigenvalue weighted by molar-refractivity contribution is 7.92. The van der Waals surface area contributed by atoms with E-state index in [-0.39, 0.29) is 22.2 Å². The first-order chi connectivity index (χ1) is 9.94. The summed E-state index contributed by atoms with van der Waals surface area (Å²) in [6, 6.07) is 3.74. The van der Waals surface area contributed by atoms with Crippen molar-refractivity contribution in [3.63, 3.8) is 0 Å². The van der Waals surface area contributed by atoms with Gasteiger partial charge in [0, 0.05) is 12.3 Å². The average molecular weight is 310 g/mol. The van der Waals surface area contributed by atoms with E-state index in [4.69, 9.17) is 4.74 Å². The number of nitrogens with zero attached hydrogens (tertiary/aromatic N) is 3. The third-order valence-corrected chi connectivity index (χ3v) is 3.82. The van der Waals surface area contributed by atoms with Crippen LogP contribution in [-0.2, 0) is 10.0 Å². The summed E-state index contributed by atoms with van der Waals surface area (Å²) in [5, 5.41) is 10.5. The molecule has 0 radical (unpaired) electrons. The van der Waals surface area contributed by atoms with E-state index in [1.54, 1.807) is 0 Å². The molecule has 0 aliphatic carbocycles. The molecule has 10 heteroatoms. The van der Waals surface area contributed by atoms with Crippen molar-refractivity contribution in [1.82, 2.24) is 9.97 Å². The Bertz CT molecular complexity index is 760. The summed E-state index contributed by atoms with van der Waals surface area (Å²) in [4.78, 5) is 17.1. The average Bonchev–Trinajstić information content (AvgIpc) is 2.47. The molecular weight excluding hydrogens is 300 g/mol. The zero-order valence-corrected chi connectivity index (χ0v) is 11.6. The molecule has 2 aromatic rings. The molecule has 0 atom stereocenters. The van der Waals surface area contributed by atoms with Crippen molar-refractivity contribution in [2.24, 2.45) is 0 Å². The Balaban J connectivity index is 2.31. The van der Waals surface area contributed by atoms with Gasteiger partial charge in [0.2, 0.25) is 0 Å². The number of ether oxygens (including phenoxy) is 1. The summed E-state index contributed by atoms with van der Waals surface area (Å²) in [6.07, 6.45) is 3.48. The van der Waals surface area contributed by atoms with Crippen LogP contribution < -0.4 is 9.46 Å². The highest BCUT2D eigenvalue weighted by Crippen LogP contribution is 2.24. The van der Waals surface area contributed by atoms with E-state index in [1.807, 2.05) is 0 Å². The molecule has 0 aliphatic heterocycles. The lowest BCUT2D eigenvalue weighted by Gasteiger charge is -2.09. The Morgan fingerprint density at radius 1 is 1.29 bits per heavy atom. The Morgan fingerprint density at radius 2 is 2.05 bits per heavy atom. The maximum atomic E-state index is 12.2. The highest BCUT2D eigenvalue weighted by Gasteiger charge is 2.20. The van der Waals surface area contributed by atoms with Gasteiger partial charge >= 0.3 is 0 Å². The summed E-state index contributed by atoms with van der Waals surface area (Å²) < 4.78 is 31.5. The number of anilines is 1. The Hall–Kier alpha value is -2.75. The Labute approximate surface area is 119 Å². The predicted molar refractivity (Wildman–Crippen MR) is 72.5 cm³/mol. The van der Waals surface area contributed by atoms with E-state index in [2.05, 4.69) is 14.7 Å². The first-order valence-electron chi connectivity index (χ1n) is 5.55. The van der Waals surface area contributed by atoms with Gasteiger partial charge in [0.25, 0.3) is 15.7 Å². The van der Waals surface area contributed by atoms with Gasteiger partial charge in [-0.1, -0.05) is 0 Å². The van der Waals surface area contributed by atoms with Crippen LogP contribution in [0.25, 0.3) is 0 Å². The number of hydrogen-bond donors (Lipinski definition) is 1. The van der Waals surface area contributed by atoms with E-state index >= 15 is 0 Å². The molecule has 2 aromatic heterocycles. The van der Waals surface area contributed by atoms with E-state index in [0.29, 0.717) is 0 Å². The molecule has 21 heavy (non-hydrogen) atoms. The Kier molecular flexibility index (Phi) is 3.98. The van der Waals surface area contributed by atoms with Crippen LogP contribution in [0, 0.1) is 10.1 Å². The molecule has 2 heterocycles. The molecule has 0 aliphatic rings. The maximum absolute atomic E-state index is 12.2. The van der Waals surface area contributed by atoms with Gasteiger partial charge in [-0.25, -0.2) is 13.4 Å². The molecule has 0 amide bonds. The maximum Gasteiger partial charge on any atom is 0.287 e. The number of nitro groups is 1. The molecule has 0 aromatic carbocycles. The second-order valence-corrected chi connectivity index (χ2v) is 5.44. The van der Waals surface area contributed by atoms with Crippen molar-refractivity contribution < 1.29 is 18.1 Å². The molecule has 0 saturated carbocycles. The van der Waals surface area contributed by atoms with Crippen LogP contribution in [0.2, 0.25) is 0 Å². The molecule has 0 spiro atoms. The van der Waals surface area contributed by atoms with Crippen LogP contribution >= 0.6 is 0 Å². The van der Waals surface area contributed by atoms with E-state index in [9.17, 15) is 18.5 Å². The zero-order valence-electron chi connectivity index (χ0n) is 10.8. The molecule has 0 fully saturated rings. The van der Waals surface area contributed by atoms with Gasteiger partial charge in [-0.2, -0.15) is 0 Å². The number of sulfonamides is 1. The zero-order chi connectivity index (χ0) is 15.5. The number of hydrogen-bond acceptors (Lipinski definition) is 7. The fourth-order valence-corrected chi connectivity index (χ4v) is 2.61. The van der Waals surface area contributed by atoms with Crippen LogP contribution in [0.4, 0.5) is 11.5 Å². The molecule has 1 N–H and O–H groups in total. The fraction of sp³-hybridized carbons (Fsp3) is 0.0909. The van der Waals surface area contributed by atoms with Gasteiger partial charge in [-0.3, -0.25) is 19.8 Å². The second kappa shape index (κ2) is 5.71. The van der Waals surface area contributed by atoms with Crippen molar-refractivity contribution >= 4 is 21.5 Å². The molecule has 0 saturated heterocycles. The lowest BCUT2D eigenvalue weighted by atomic mass is 10.4. The minimum absolute atomic E-state index is 0.0495. The van der Waals surface area contributed by atoms with Crippen LogP contribution in [0.3, 0.4) is 0 Å². The first-order valence-corrected chi connectivity index (χ1v) is 7.03. The number of pyridine rings is 2. The Morgan fingerprint density at radius 3 is 2.62 bits per heavy atom. The first kappa shape index (κ1) is 14.7. The monoisotopic (exact) mass is 310 g/mol. The van der Waals surface area contributed by atoms with Crippen LogP contribution in [0.1, 0.15) is 0 Å². The summed E-state index contributed by atoms with van der Waals surface area (Å²) >= 11 is 0. The number of rotatable bonds is 5. The van der Waals surface area contributed by atoms with E-state index < -0.39 is 14.9 Å². The number of nitrogens with one attached hydrogen (secondary N) is 1. The van der Waals surface area contributed by atoms with Crippen molar-refractivity contribution in [2.45, 2.75) is 4.90 Å². The normalized spacial score (nSPS) is 10.9. The standard InChI is InChI=1S/C11H10N4O5S/c1-20-9-4-5-12-7-10(9)21(18,19)14-11-3-2-8(6-13-11)15(16)17/h2-7H,1H3,(H,13,14). The van der Waals surface area contributed by atoms with Gasteiger partial charge < -0.3 is 4.74 Å². The SMILES string of the molecule is COc1ccncc1S(=O)(=O)Nc1ccc([N+](=O)[O-])cn1. The van der Waals surface area contributed by atoms with Gasteiger partial charge in [-0.05, 0) is 12.1 Å². The topological polar surface area (TPSA) is 124 Å². The molecule has 0 unspecified atom stereocenters. The number of aromatic nitrogens is 2. The van der Waals surface area contributed by atoms with Gasteiger partial charge in [0.1, 0.15) is 22.7 Å². The van der Waals surface area contributed by atoms with Crippen LogP contribution in [0.15, 0.2) is 41.7 Å².